The van der Waals surface area contributed by atoms with Gasteiger partial charge in [0.2, 0.25) is 10.0 Å². The molecular weight excluding hydrogens is 186 g/mol. The van der Waals surface area contributed by atoms with Crippen molar-refractivity contribution in [2.75, 3.05) is 6.26 Å². The molecule has 0 rings (SSSR count). The summed E-state index contributed by atoms with van der Waals surface area (Å²) in [5.41, 5.74) is 0. The van der Waals surface area contributed by atoms with Crippen LogP contribution in [-0.4, -0.2) is 50.3 Å². The zero-order valence-electron chi connectivity index (χ0n) is 6.41. The van der Waals surface area contributed by atoms with Crippen LogP contribution >= 0.6 is 7.83 Å². The normalized spacial score (nSPS) is 16.3. The monoisotopic (exact) mass is 191 g/mol. The Labute approximate surface area is 81.2 Å². The zero-order valence-corrected chi connectivity index (χ0v) is 8.12. The molecule has 0 aromatic carbocycles. The van der Waals surface area contributed by atoms with E-state index < -0.39 is 17.9 Å². The number of halogens is 1. The van der Waals surface area contributed by atoms with E-state index in [0.29, 0.717) is 6.26 Å². The third kappa shape index (κ3) is 18.3. The first kappa shape index (κ1) is 14.7. The van der Waals surface area contributed by atoms with Crippen molar-refractivity contribution in [1.82, 2.24) is 4.49 Å². The molecular formula is CH5FLi2NO4PS. The molecule has 0 aliphatic heterocycles. The number of hydrogen-bond donors (Lipinski definition) is 2. The summed E-state index contributed by atoms with van der Waals surface area (Å²) >= 11 is 4.00. The van der Waals surface area contributed by atoms with Crippen molar-refractivity contribution in [3.8, 4) is 0 Å². The van der Waals surface area contributed by atoms with Crippen LogP contribution in [0.1, 0.15) is 0 Å². The second-order valence-corrected chi connectivity index (χ2v) is 4.64. The molecule has 0 fully saturated rings. The summed E-state index contributed by atoms with van der Waals surface area (Å²) in [4.78, 5) is 7.75. The summed E-state index contributed by atoms with van der Waals surface area (Å²) in [5.74, 6) is 0. The predicted octanol–water partition coefficient (Wildman–Crippen LogP) is -1.16. The molecule has 58 valence electrons. The van der Waals surface area contributed by atoms with E-state index in [0.717, 1.165) is 4.49 Å². The van der Waals surface area contributed by atoms with Crippen LogP contribution in [0.3, 0.4) is 0 Å². The van der Waals surface area contributed by atoms with Crippen molar-refractivity contribution in [1.29, 1.82) is 0 Å². The van der Waals surface area contributed by atoms with Crippen LogP contribution in [0, 0.1) is 0 Å². The Morgan fingerprint density at radius 3 is 1.82 bits per heavy atom. The Balaban J connectivity index is 0. The Bertz CT molecular complexity index is 234. The Hall–Kier alpha value is 1.22. The van der Waals surface area contributed by atoms with Gasteiger partial charge < -0.3 is 4.89 Å². The molecule has 0 aliphatic carbocycles. The molecule has 0 saturated carbocycles. The fourth-order valence-electron chi connectivity index (χ4n) is 0.205. The fraction of sp³-hybridized carbons (Fsp3) is 1.00. The van der Waals surface area contributed by atoms with Gasteiger partial charge in [-0.25, -0.2) is 13.0 Å². The standard InChI is InChI=1S/CH5FNO4PS.2Li/c1-9(6,7)3-8(2,4)5;;/h1H3,(H2,3,4,5);;. The van der Waals surface area contributed by atoms with Crippen LogP contribution < -0.4 is 4.49 Å². The Morgan fingerprint density at radius 2 is 1.82 bits per heavy atom. The van der Waals surface area contributed by atoms with Crippen molar-refractivity contribution in [3.63, 3.8) is 0 Å². The summed E-state index contributed by atoms with van der Waals surface area (Å²) in [5, 5.41) is 0. The summed E-state index contributed by atoms with van der Waals surface area (Å²) in [6.07, 6.45) is 0.579. The third-order valence-corrected chi connectivity index (χ3v) is 2.51. The van der Waals surface area contributed by atoms with Gasteiger partial charge in [-0.2, -0.15) is 0 Å². The molecule has 0 bridgehead atoms. The van der Waals surface area contributed by atoms with Gasteiger partial charge >= 0.3 is 38.6 Å². The quantitative estimate of drug-likeness (QED) is 0.426. The maximum atomic E-state index is 11.5. The first-order valence-electron chi connectivity index (χ1n) is 2.72. The molecule has 1 unspecified atom stereocenters. The van der Waals surface area contributed by atoms with Gasteiger partial charge in [0.15, 0.2) is 0 Å². The molecule has 0 radical (unpaired) electrons. The number of rotatable bonds is 2. The van der Waals surface area contributed by atoms with Crippen molar-refractivity contribution in [3.05, 3.63) is 0 Å². The number of nitrogens with one attached hydrogen (secondary N) is 1. The van der Waals surface area contributed by atoms with E-state index in [2.05, 4.69) is 0 Å². The molecule has 0 heterocycles. The second-order valence-electron chi connectivity index (χ2n) is 1.37. The van der Waals surface area contributed by atoms with E-state index in [1.165, 1.54) is 0 Å². The van der Waals surface area contributed by atoms with E-state index in [1.54, 1.807) is 0 Å². The molecule has 11 heavy (non-hydrogen) atoms. The van der Waals surface area contributed by atoms with Crippen LogP contribution in [0.2, 0.25) is 0 Å². The molecule has 0 amide bonds. The van der Waals surface area contributed by atoms with Crippen molar-refractivity contribution in [2.24, 2.45) is 0 Å². The fourth-order valence-corrected chi connectivity index (χ4v) is 1.84. The van der Waals surface area contributed by atoms with Crippen LogP contribution in [0.5, 0.6) is 0 Å². The maximum absolute atomic E-state index is 11.5. The van der Waals surface area contributed by atoms with Crippen molar-refractivity contribution in [2.45, 2.75) is 0 Å². The molecule has 0 aromatic rings. The first-order valence-corrected chi connectivity index (χ1v) is 6.16. The topological polar surface area (TPSA) is 83.5 Å². The summed E-state index contributed by atoms with van der Waals surface area (Å²) in [6.45, 7) is 0. The molecule has 2 N–H and O–H groups in total. The number of sulfonamides is 1. The van der Waals surface area contributed by atoms with E-state index >= 15 is 0 Å². The summed E-state index contributed by atoms with van der Waals surface area (Å²) in [7, 11) is -9.05. The Morgan fingerprint density at radius 1 is 1.55 bits per heavy atom. The van der Waals surface area contributed by atoms with Crippen molar-refractivity contribution < 1.29 is 22.1 Å². The van der Waals surface area contributed by atoms with E-state index in [4.69, 9.17) is 4.89 Å². The molecule has 0 aromatic heterocycles. The van der Waals surface area contributed by atoms with Crippen LogP contribution in [0.4, 0.5) is 4.20 Å². The van der Waals surface area contributed by atoms with Gasteiger partial charge in [-0.05, 0) is 0 Å². The van der Waals surface area contributed by atoms with E-state index in [9.17, 15) is 17.2 Å². The SMILES string of the molecule is CS(=O)(=O)NP(=O)(O)F.[Li][Li]. The van der Waals surface area contributed by atoms with Gasteiger partial charge in [0.25, 0.3) is 0 Å². The molecule has 1 atom stereocenters. The van der Waals surface area contributed by atoms with Gasteiger partial charge in [-0.1, -0.05) is 0 Å². The van der Waals surface area contributed by atoms with Gasteiger partial charge in [0, 0.05) is 0 Å². The zero-order chi connectivity index (χ0) is 9.71. The van der Waals surface area contributed by atoms with E-state index in [-0.39, 0.29) is 0 Å². The number of hydrogen-bond acceptors (Lipinski definition) is 3. The van der Waals surface area contributed by atoms with Crippen LogP contribution in [0.25, 0.3) is 0 Å². The Kier molecular flexibility index (Phi) is 7.77. The summed E-state index contributed by atoms with van der Waals surface area (Å²) in [6, 6.07) is 0. The van der Waals surface area contributed by atoms with Gasteiger partial charge in [0.1, 0.15) is 0 Å². The average Bonchev–Trinajstić information content (AvgIpc) is 1.60. The molecule has 5 nitrogen and oxygen atoms in total. The minimum absolute atomic E-state index is 0.579. The van der Waals surface area contributed by atoms with Gasteiger partial charge in [0.05, 0.1) is 6.26 Å². The predicted molar refractivity (Wildman–Crippen MR) is 40.4 cm³/mol. The average molecular weight is 191 g/mol. The van der Waals surface area contributed by atoms with Crippen LogP contribution in [-0.2, 0) is 14.6 Å². The third-order valence-electron chi connectivity index (χ3n) is 0.278. The van der Waals surface area contributed by atoms with Gasteiger partial charge in [-0.15, -0.1) is 8.69 Å². The molecule has 0 spiro atoms. The molecule has 0 aliphatic rings. The van der Waals surface area contributed by atoms with Gasteiger partial charge in [-0.3, -0.25) is 0 Å². The minimum atomic E-state index is -5.13. The summed E-state index contributed by atoms with van der Waals surface area (Å²) < 4.78 is 41.9. The second kappa shape index (κ2) is 5.80. The van der Waals surface area contributed by atoms with Crippen LogP contribution in [0.15, 0.2) is 0 Å². The molecule has 0 saturated heterocycles. The van der Waals surface area contributed by atoms with E-state index in [1.807, 2.05) is 30.8 Å². The van der Waals surface area contributed by atoms with Crippen molar-refractivity contribution >= 4 is 48.6 Å². The first-order chi connectivity index (χ1) is 4.71. The molecule has 10 heteroatoms.